The molecule has 0 saturated carbocycles. The number of hydrogen-bond acceptors (Lipinski definition) is 5. The van der Waals surface area contributed by atoms with Crippen LogP contribution >= 0.6 is 0 Å². The number of nitrogens with one attached hydrogen (secondary N) is 1. The van der Waals surface area contributed by atoms with Crippen molar-refractivity contribution < 1.29 is 23.1 Å². The first-order chi connectivity index (χ1) is 7.44. The van der Waals surface area contributed by atoms with E-state index in [2.05, 4.69) is 5.32 Å². The van der Waals surface area contributed by atoms with Gasteiger partial charge in [-0.15, -0.1) is 0 Å². The van der Waals surface area contributed by atoms with Crippen molar-refractivity contribution in [3.63, 3.8) is 0 Å². The predicted octanol–water partition coefficient (Wildman–Crippen LogP) is -2.90. The maximum Gasteiger partial charge on any atom is 0.248 e. The van der Waals surface area contributed by atoms with Crippen LogP contribution < -0.4 is 5.32 Å². The zero-order valence-electron chi connectivity index (χ0n) is 8.42. The lowest BCUT2D eigenvalue weighted by molar-refractivity contribution is -0.149. The van der Waals surface area contributed by atoms with Crippen molar-refractivity contribution in [2.45, 2.75) is 12.1 Å². The van der Waals surface area contributed by atoms with Crippen LogP contribution in [0.4, 0.5) is 0 Å². The highest BCUT2D eigenvalue weighted by molar-refractivity contribution is 7.91. The third kappa shape index (κ3) is 1.78. The molecule has 2 amide bonds. The van der Waals surface area contributed by atoms with Crippen LogP contribution in [0.2, 0.25) is 0 Å². The van der Waals surface area contributed by atoms with E-state index in [9.17, 15) is 18.0 Å². The molecule has 8 heteroatoms. The third-order valence-corrected chi connectivity index (χ3v) is 4.44. The SMILES string of the molecule is O=C1N[C@H](CO)C(=O)N2CCS(=O)(=O)C[C@H]12. The van der Waals surface area contributed by atoms with Crippen molar-refractivity contribution in [3.8, 4) is 0 Å². The van der Waals surface area contributed by atoms with E-state index >= 15 is 0 Å². The summed E-state index contributed by atoms with van der Waals surface area (Å²) in [6.45, 7) is -0.448. The zero-order valence-corrected chi connectivity index (χ0v) is 9.24. The standard InChI is InChI=1S/C8H12N2O5S/c11-3-5-8(13)10-1-2-16(14,15)4-6(10)7(12)9-5/h5-6,11H,1-4H2,(H,9,12)/t5-,6-/m1/s1. The highest BCUT2D eigenvalue weighted by Crippen LogP contribution is 2.17. The van der Waals surface area contributed by atoms with Gasteiger partial charge in [-0.1, -0.05) is 0 Å². The van der Waals surface area contributed by atoms with Gasteiger partial charge in [-0.3, -0.25) is 9.59 Å². The first-order valence-electron chi connectivity index (χ1n) is 4.87. The minimum Gasteiger partial charge on any atom is -0.394 e. The number of carbonyl (C=O) groups is 2. The average molecular weight is 248 g/mol. The number of aliphatic hydroxyl groups is 1. The third-order valence-electron chi connectivity index (χ3n) is 2.81. The molecule has 0 aromatic carbocycles. The Morgan fingerprint density at radius 2 is 2.12 bits per heavy atom. The van der Waals surface area contributed by atoms with E-state index in [-0.39, 0.29) is 18.1 Å². The number of nitrogens with zero attached hydrogens (tertiary/aromatic N) is 1. The van der Waals surface area contributed by atoms with Crippen LogP contribution in [0.5, 0.6) is 0 Å². The summed E-state index contributed by atoms with van der Waals surface area (Å²) < 4.78 is 22.7. The average Bonchev–Trinajstić information content (AvgIpc) is 2.22. The fraction of sp³-hybridized carbons (Fsp3) is 0.750. The first kappa shape index (κ1) is 11.3. The smallest absolute Gasteiger partial charge is 0.248 e. The summed E-state index contributed by atoms with van der Waals surface area (Å²) in [5, 5.41) is 11.2. The molecule has 2 heterocycles. The molecular weight excluding hydrogens is 236 g/mol. The Morgan fingerprint density at radius 1 is 1.44 bits per heavy atom. The number of piperazine rings is 1. The van der Waals surface area contributed by atoms with E-state index in [0.717, 1.165) is 0 Å². The minimum absolute atomic E-state index is 0.0236. The summed E-state index contributed by atoms with van der Waals surface area (Å²) in [5.41, 5.74) is 0. The van der Waals surface area contributed by atoms with E-state index in [4.69, 9.17) is 5.11 Å². The van der Waals surface area contributed by atoms with Crippen molar-refractivity contribution in [1.29, 1.82) is 0 Å². The second-order valence-corrected chi connectivity index (χ2v) is 6.13. The number of rotatable bonds is 1. The van der Waals surface area contributed by atoms with Crippen LogP contribution in [0.3, 0.4) is 0 Å². The molecule has 16 heavy (non-hydrogen) atoms. The number of carbonyl (C=O) groups excluding carboxylic acids is 2. The maximum atomic E-state index is 11.7. The fourth-order valence-corrected chi connectivity index (χ4v) is 3.40. The van der Waals surface area contributed by atoms with Gasteiger partial charge >= 0.3 is 0 Å². The molecule has 2 atom stereocenters. The Balaban J connectivity index is 2.26. The van der Waals surface area contributed by atoms with Crippen molar-refractivity contribution >= 4 is 21.7 Å². The monoisotopic (exact) mass is 248 g/mol. The molecule has 2 aliphatic heterocycles. The molecule has 2 saturated heterocycles. The van der Waals surface area contributed by atoms with Crippen molar-refractivity contribution in [2.24, 2.45) is 0 Å². The molecule has 0 aromatic heterocycles. The molecule has 2 aliphatic rings. The Morgan fingerprint density at radius 3 is 2.75 bits per heavy atom. The molecule has 7 nitrogen and oxygen atoms in total. The van der Waals surface area contributed by atoms with Gasteiger partial charge in [0.1, 0.15) is 12.1 Å². The molecule has 0 radical (unpaired) electrons. The van der Waals surface area contributed by atoms with Crippen LogP contribution in [0.25, 0.3) is 0 Å². The van der Waals surface area contributed by atoms with Gasteiger partial charge in [0, 0.05) is 6.54 Å². The zero-order chi connectivity index (χ0) is 11.9. The second kappa shape index (κ2) is 3.70. The molecule has 2 fully saturated rings. The Kier molecular flexibility index (Phi) is 2.62. The number of sulfone groups is 1. The molecule has 0 spiro atoms. The molecule has 0 bridgehead atoms. The van der Waals surface area contributed by atoms with E-state index < -0.39 is 40.3 Å². The van der Waals surface area contributed by atoms with E-state index in [1.54, 1.807) is 0 Å². The molecule has 90 valence electrons. The van der Waals surface area contributed by atoms with Gasteiger partial charge in [-0.25, -0.2) is 8.42 Å². The molecule has 2 rings (SSSR count). The first-order valence-corrected chi connectivity index (χ1v) is 6.69. The van der Waals surface area contributed by atoms with Gasteiger partial charge in [0.15, 0.2) is 9.84 Å². The summed E-state index contributed by atoms with van der Waals surface area (Å²) in [6, 6.07) is -1.88. The van der Waals surface area contributed by atoms with E-state index in [1.807, 2.05) is 0 Å². The fourth-order valence-electron chi connectivity index (χ4n) is 1.94. The van der Waals surface area contributed by atoms with Gasteiger partial charge in [0.25, 0.3) is 0 Å². The van der Waals surface area contributed by atoms with Gasteiger partial charge in [-0.05, 0) is 0 Å². The van der Waals surface area contributed by atoms with Crippen LogP contribution in [0, 0.1) is 0 Å². The summed E-state index contributed by atoms with van der Waals surface area (Å²) >= 11 is 0. The molecular formula is C8H12N2O5S. The Bertz CT molecular complexity index is 432. The van der Waals surface area contributed by atoms with E-state index in [1.165, 1.54) is 4.90 Å². The lowest BCUT2D eigenvalue weighted by Gasteiger charge is -2.40. The van der Waals surface area contributed by atoms with Crippen LogP contribution in [0.15, 0.2) is 0 Å². The number of hydrogen-bond donors (Lipinski definition) is 2. The van der Waals surface area contributed by atoms with Crippen molar-refractivity contribution in [2.75, 3.05) is 24.7 Å². The van der Waals surface area contributed by atoms with Gasteiger partial charge < -0.3 is 15.3 Å². The molecule has 0 aromatic rings. The highest BCUT2D eigenvalue weighted by Gasteiger charge is 2.45. The number of amides is 2. The van der Waals surface area contributed by atoms with Gasteiger partial charge in [-0.2, -0.15) is 0 Å². The van der Waals surface area contributed by atoms with Crippen LogP contribution in [-0.2, 0) is 19.4 Å². The van der Waals surface area contributed by atoms with Crippen molar-refractivity contribution in [3.05, 3.63) is 0 Å². The van der Waals surface area contributed by atoms with Crippen LogP contribution in [0.1, 0.15) is 0 Å². The highest BCUT2D eigenvalue weighted by atomic mass is 32.2. The topological polar surface area (TPSA) is 104 Å². The summed E-state index contributed by atoms with van der Waals surface area (Å²) in [7, 11) is -3.25. The number of aliphatic hydroxyl groups excluding tert-OH is 1. The lowest BCUT2D eigenvalue weighted by Crippen LogP contribution is -2.68. The minimum atomic E-state index is -3.25. The Hall–Kier alpha value is -1.15. The summed E-state index contributed by atoms with van der Waals surface area (Å²) in [5.74, 6) is -1.38. The summed E-state index contributed by atoms with van der Waals surface area (Å²) in [4.78, 5) is 24.5. The lowest BCUT2D eigenvalue weighted by atomic mass is 10.1. The van der Waals surface area contributed by atoms with Crippen molar-refractivity contribution in [1.82, 2.24) is 10.2 Å². The molecule has 0 aliphatic carbocycles. The molecule has 2 N–H and O–H groups in total. The Labute approximate surface area is 92.3 Å². The summed E-state index contributed by atoms with van der Waals surface area (Å²) in [6.07, 6.45) is 0. The van der Waals surface area contributed by atoms with Gasteiger partial charge in [0.2, 0.25) is 11.8 Å². The molecule has 0 unspecified atom stereocenters. The maximum absolute atomic E-state index is 11.7. The number of fused-ring (bicyclic) bond motifs is 1. The normalized spacial score (nSPS) is 33.2. The van der Waals surface area contributed by atoms with Crippen LogP contribution in [-0.4, -0.2) is 67.0 Å². The quantitative estimate of drug-likeness (QED) is 0.518. The van der Waals surface area contributed by atoms with Gasteiger partial charge in [0.05, 0.1) is 18.1 Å². The van der Waals surface area contributed by atoms with E-state index in [0.29, 0.717) is 0 Å². The second-order valence-electron chi connectivity index (χ2n) is 3.91. The largest absolute Gasteiger partial charge is 0.394 e. The predicted molar refractivity (Wildman–Crippen MR) is 53.2 cm³/mol.